The van der Waals surface area contributed by atoms with Gasteiger partial charge in [0.05, 0.1) is 0 Å². The van der Waals surface area contributed by atoms with E-state index in [0.717, 1.165) is 29.4 Å². The zero-order valence-corrected chi connectivity index (χ0v) is 13.0. The van der Waals surface area contributed by atoms with Gasteiger partial charge in [-0.15, -0.1) is 0 Å². The molecule has 0 aliphatic heterocycles. The van der Waals surface area contributed by atoms with Gasteiger partial charge in [-0.1, -0.05) is 41.9 Å². The minimum Gasteiger partial charge on any atom is -0.489 e. The molecule has 21 heavy (non-hydrogen) atoms. The Morgan fingerprint density at radius 2 is 1.81 bits per heavy atom. The average Bonchev–Trinajstić information content (AvgIpc) is 2.48. The predicted octanol–water partition coefficient (Wildman–Crippen LogP) is 3.31. The minimum atomic E-state index is 0.536. The van der Waals surface area contributed by atoms with Crippen LogP contribution >= 0.6 is 11.6 Å². The third kappa shape index (κ3) is 5.05. The predicted molar refractivity (Wildman–Crippen MR) is 87.6 cm³/mol. The first-order chi connectivity index (χ1) is 10.2. The molecule has 112 valence electrons. The number of nitrogens with two attached hydrogens (primary N) is 1. The van der Waals surface area contributed by atoms with E-state index in [4.69, 9.17) is 22.1 Å². The van der Waals surface area contributed by atoms with Crippen molar-refractivity contribution in [2.24, 2.45) is 5.73 Å². The first-order valence-electron chi connectivity index (χ1n) is 7.03. The molecule has 3 nitrogen and oxygen atoms in total. The van der Waals surface area contributed by atoms with Gasteiger partial charge in [0, 0.05) is 30.2 Å². The lowest BCUT2D eigenvalue weighted by Crippen LogP contribution is -2.25. The van der Waals surface area contributed by atoms with Crippen molar-refractivity contribution in [3.05, 3.63) is 64.7 Å². The number of hydrogen-bond donors (Lipinski definition) is 1. The zero-order chi connectivity index (χ0) is 15.1. The summed E-state index contributed by atoms with van der Waals surface area (Å²) in [7, 11) is 2.06. The SMILES string of the molecule is CN(CCN)Cc1ccccc1OCc1ccc(Cl)cc1. The highest BCUT2D eigenvalue weighted by Gasteiger charge is 2.06. The van der Waals surface area contributed by atoms with E-state index in [-0.39, 0.29) is 0 Å². The average molecular weight is 305 g/mol. The standard InChI is InChI=1S/C17H21ClN2O/c1-20(11-10-19)12-15-4-2-3-5-17(15)21-13-14-6-8-16(18)9-7-14/h2-9H,10-13,19H2,1H3. The Morgan fingerprint density at radius 1 is 1.10 bits per heavy atom. The summed E-state index contributed by atoms with van der Waals surface area (Å²) in [6.45, 7) is 2.89. The van der Waals surface area contributed by atoms with Crippen LogP contribution in [0.3, 0.4) is 0 Å². The molecule has 0 aliphatic carbocycles. The number of rotatable bonds is 7. The van der Waals surface area contributed by atoms with Crippen LogP contribution in [0.25, 0.3) is 0 Å². The summed E-state index contributed by atoms with van der Waals surface area (Å²) < 4.78 is 5.94. The van der Waals surface area contributed by atoms with Gasteiger partial charge in [0.25, 0.3) is 0 Å². The molecule has 0 saturated heterocycles. The number of para-hydroxylation sites is 1. The Kier molecular flexibility index (Phi) is 6.05. The Bertz CT molecular complexity index is 557. The molecule has 0 saturated carbocycles. The summed E-state index contributed by atoms with van der Waals surface area (Å²) in [5.74, 6) is 0.913. The van der Waals surface area contributed by atoms with Crippen molar-refractivity contribution in [1.82, 2.24) is 4.90 Å². The second-order valence-corrected chi connectivity index (χ2v) is 5.49. The van der Waals surface area contributed by atoms with Crippen molar-refractivity contribution in [1.29, 1.82) is 0 Å². The van der Waals surface area contributed by atoms with Crippen molar-refractivity contribution in [3.63, 3.8) is 0 Å². The van der Waals surface area contributed by atoms with Crippen LogP contribution in [0.4, 0.5) is 0 Å². The maximum Gasteiger partial charge on any atom is 0.124 e. The highest BCUT2D eigenvalue weighted by Crippen LogP contribution is 2.21. The van der Waals surface area contributed by atoms with Crippen molar-refractivity contribution < 1.29 is 4.74 Å². The molecule has 2 N–H and O–H groups in total. The molecule has 0 aliphatic rings. The van der Waals surface area contributed by atoms with Crippen LogP contribution in [0.15, 0.2) is 48.5 Å². The fourth-order valence-corrected chi connectivity index (χ4v) is 2.23. The number of halogens is 1. The molecule has 0 heterocycles. The largest absolute Gasteiger partial charge is 0.489 e. The second kappa shape index (κ2) is 8.03. The molecular formula is C17H21ClN2O. The van der Waals surface area contributed by atoms with Crippen molar-refractivity contribution in [2.75, 3.05) is 20.1 Å². The van der Waals surface area contributed by atoms with Crippen molar-refractivity contribution in [3.8, 4) is 5.75 Å². The quantitative estimate of drug-likeness (QED) is 0.853. The van der Waals surface area contributed by atoms with Gasteiger partial charge in [0.15, 0.2) is 0 Å². The van der Waals surface area contributed by atoms with Gasteiger partial charge < -0.3 is 15.4 Å². The Morgan fingerprint density at radius 3 is 2.52 bits per heavy atom. The monoisotopic (exact) mass is 304 g/mol. The summed E-state index contributed by atoms with van der Waals surface area (Å²) in [4.78, 5) is 2.19. The maximum atomic E-state index is 5.94. The fourth-order valence-electron chi connectivity index (χ4n) is 2.11. The molecule has 0 amide bonds. The molecule has 4 heteroatoms. The van der Waals surface area contributed by atoms with Gasteiger partial charge in [0.2, 0.25) is 0 Å². The summed E-state index contributed by atoms with van der Waals surface area (Å²) in [6, 6.07) is 15.8. The molecule has 0 bridgehead atoms. The number of nitrogens with zero attached hydrogens (tertiary/aromatic N) is 1. The van der Waals surface area contributed by atoms with Crippen LogP contribution in [-0.2, 0) is 13.2 Å². The molecule has 0 fully saturated rings. The number of ether oxygens (including phenoxy) is 1. The smallest absolute Gasteiger partial charge is 0.124 e. The number of likely N-dealkylation sites (N-methyl/N-ethyl adjacent to an activating group) is 1. The van der Waals surface area contributed by atoms with E-state index < -0.39 is 0 Å². The third-order valence-corrected chi connectivity index (χ3v) is 3.48. The van der Waals surface area contributed by atoms with Crippen LogP contribution in [0, 0.1) is 0 Å². The molecule has 2 aromatic carbocycles. The lowest BCUT2D eigenvalue weighted by atomic mass is 10.2. The second-order valence-electron chi connectivity index (χ2n) is 5.05. The number of benzene rings is 2. The van der Waals surface area contributed by atoms with Crippen LogP contribution in [0.2, 0.25) is 5.02 Å². The molecule has 0 unspecified atom stereocenters. The van der Waals surface area contributed by atoms with E-state index in [1.165, 1.54) is 5.56 Å². The minimum absolute atomic E-state index is 0.536. The van der Waals surface area contributed by atoms with Crippen LogP contribution in [0.1, 0.15) is 11.1 Å². The molecule has 0 aromatic heterocycles. The van der Waals surface area contributed by atoms with Gasteiger partial charge in [-0.05, 0) is 30.8 Å². The van der Waals surface area contributed by atoms with E-state index in [0.29, 0.717) is 13.2 Å². The van der Waals surface area contributed by atoms with Crippen LogP contribution in [-0.4, -0.2) is 25.0 Å². The first-order valence-corrected chi connectivity index (χ1v) is 7.40. The summed E-state index contributed by atoms with van der Waals surface area (Å²) in [6.07, 6.45) is 0. The maximum absolute atomic E-state index is 5.94. The molecular weight excluding hydrogens is 284 g/mol. The topological polar surface area (TPSA) is 38.5 Å². The van der Waals surface area contributed by atoms with Crippen LogP contribution < -0.4 is 10.5 Å². The summed E-state index contributed by atoms with van der Waals surface area (Å²) >= 11 is 5.88. The van der Waals surface area contributed by atoms with Gasteiger partial charge in [-0.2, -0.15) is 0 Å². The van der Waals surface area contributed by atoms with Gasteiger partial charge in [-0.25, -0.2) is 0 Å². The van der Waals surface area contributed by atoms with E-state index >= 15 is 0 Å². The normalized spacial score (nSPS) is 10.9. The van der Waals surface area contributed by atoms with E-state index in [2.05, 4.69) is 18.0 Å². The summed E-state index contributed by atoms with van der Waals surface area (Å²) in [5.41, 5.74) is 7.85. The molecule has 2 rings (SSSR count). The lowest BCUT2D eigenvalue weighted by molar-refractivity contribution is 0.287. The van der Waals surface area contributed by atoms with Gasteiger partial charge >= 0.3 is 0 Å². The van der Waals surface area contributed by atoms with E-state index in [1.807, 2.05) is 42.5 Å². The zero-order valence-electron chi connectivity index (χ0n) is 12.3. The molecule has 0 radical (unpaired) electrons. The lowest BCUT2D eigenvalue weighted by Gasteiger charge is -2.18. The Balaban J connectivity index is 2.00. The third-order valence-electron chi connectivity index (χ3n) is 3.23. The number of hydrogen-bond acceptors (Lipinski definition) is 3. The Labute approximate surface area is 131 Å². The molecule has 0 spiro atoms. The highest BCUT2D eigenvalue weighted by molar-refractivity contribution is 6.30. The van der Waals surface area contributed by atoms with Crippen molar-refractivity contribution in [2.45, 2.75) is 13.2 Å². The van der Waals surface area contributed by atoms with Gasteiger partial charge in [-0.3, -0.25) is 0 Å². The van der Waals surface area contributed by atoms with E-state index in [1.54, 1.807) is 0 Å². The highest BCUT2D eigenvalue weighted by atomic mass is 35.5. The fraction of sp³-hybridized carbons (Fsp3) is 0.294. The first kappa shape index (κ1) is 15.8. The van der Waals surface area contributed by atoms with E-state index in [9.17, 15) is 0 Å². The Hall–Kier alpha value is -1.55. The van der Waals surface area contributed by atoms with Crippen molar-refractivity contribution >= 4 is 11.6 Å². The molecule has 2 aromatic rings. The van der Waals surface area contributed by atoms with Gasteiger partial charge in [0.1, 0.15) is 12.4 Å². The van der Waals surface area contributed by atoms with Crippen LogP contribution in [0.5, 0.6) is 5.75 Å². The molecule has 0 atom stereocenters. The summed E-state index contributed by atoms with van der Waals surface area (Å²) in [5, 5.41) is 0.738.